The zero-order chi connectivity index (χ0) is 15.2. The van der Waals surface area contributed by atoms with Gasteiger partial charge in [0.25, 0.3) is 0 Å². The highest BCUT2D eigenvalue weighted by molar-refractivity contribution is 5.96. The first-order chi connectivity index (χ1) is 9.95. The van der Waals surface area contributed by atoms with Crippen molar-refractivity contribution >= 4 is 10.8 Å². The molecule has 0 saturated heterocycles. The average molecular weight is 290 g/mol. The number of rotatable bonds is 2. The topological polar surface area (TPSA) is 85.2 Å². The molecule has 0 radical (unpaired) electrons. The Hall–Kier alpha value is -2.47. The van der Waals surface area contributed by atoms with E-state index in [4.69, 9.17) is 14.2 Å². The van der Waals surface area contributed by atoms with E-state index in [1.54, 1.807) is 26.0 Å². The van der Waals surface area contributed by atoms with Crippen molar-refractivity contribution in [2.75, 3.05) is 6.61 Å². The number of hydrogen-bond donors (Lipinski definition) is 2. The zero-order valence-corrected chi connectivity index (χ0v) is 11.5. The number of benzene rings is 1. The van der Waals surface area contributed by atoms with E-state index >= 15 is 0 Å². The highest BCUT2D eigenvalue weighted by atomic mass is 16.9. The second kappa shape index (κ2) is 4.53. The summed E-state index contributed by atoms with van der Waals surface area (Å²) >= 11 is 0. The molecule has 1 aliphatic rings. The normalized spacial score (nSPS) is 19.9. The van der Waals surface area contributed by atoms with Crippen molar-refractivity contribution < 1.29 is 24.4 Å². The van der Waals surface area contributed by atoms with Gasteiger partial charge in [0.05, 0.1) is 12.0 Å². The fourth-order valence-corrected chi connectivity index (χ4v) is 2.37. The van der Waals surface area contributed by atoms with E-state index in [2.05, 4.69) is 0 Å². The second-order valence-corrected chi connectivity index (χ2v) is 4.75. The van der Waals surface area contributed by atoms with Crippen LogP contribution < -0.4 is 14.9 Å². The Morgan fingerprint density at radius 1 is 1.24 bits per heavy atom. The Morgan fingerprint density at radius 2 is 2.00 bits per heavy atom. The smallest absolute Gasteiger partial charge is 0.369 e. The van der Waals surface area contributed by atoms with Gasteiger partial charge in [0, 0.05) is 6.92 Å². The molecule has 0 amide bonds. The molecular formula is C15H14O6. The van der Waals surface area contributed by atoms with Crippen LogP contribution in [0.15, 0.2) is 29.1 Å². The van der Waals surface area contributed by atoms with Gasteiger partial charge in [-0.15, -0.1) is 0 Å². The summed E-state index contributed by atoms with van der Waals surface area (Å²) in [5.74, 6) is -1.90. The van der Waals surface area contributed by atoms with E-state index < -0.39 is 17.2 Å². The van der Waals surface area contributed by atoms with Crippen molar-refractivity contribution in [2.24, 2.45) is 0 Å². The molecule has 110 valence electrons. The van der Waals surface area contributed by atoms with Crippen molar-refractivity contribution in [1.29, 1.82) is 0 Å². The summed E-state index contributed by atoms with van der Waals surface area (Å²) in [6.45, 7) is 3.71. The van der Waals surface area contributed by atoms with Crippen LogP contribution in [0.5, 0.6) is 23.0 Å². The van der Waals surface area contributed by atoms with Crippen molar-refractivity contribution in [3.8, 4) is 23.0 Å². The van der Waals surface area contributed by atoms with Crippen LogP contribution in [0.4, 0.5) is 0 Å². The summed E-state index contributed by atoms with van der Waals surface area (Å²) in [5, 5.41) is 20.8. The van der Waals surface area contributed by atoms with Gasteiger partial charge in [0.2, 0.25) is 11.2 Å². The maximum Gasteiger partial charge on any atom is 0.369 e. The summed E-state index contributed by atoms with van der Waals surface area (Å²) in [4.78, 5) is 11.7. The minimum Gasteiger partial charge on any atom is -0.504 e. The van der Waals surface area contributed by atoms with Gasteiger partial charge < -0.3 is 24.4 Å². The van der Waals surface area contributed by atoms with Gasteiger partial charge in [-0.3, -0.25) is 4.79 Å². The zero-order valence-electron chi connectivity index (χ0n) is 11.5. The summed E-state index contributed by atoms with van der Waals surface area (Å²) < 4.78 is 16.4. The minimum absolute atomic E-state index is 0.0214. The predicted octanol–water partition coefficient (Wildman–Crippen LogP) is 2.09. The van der Waals surface area contributed by atoms with Gasteiger partial charge in [-0.1, -0.05) is 12.1 Å². The second-order valence-electron chi connectivity index (χ2n) is 4.75. The van der Waals surface area contributed by atoms with E-state index in [-0.39, 0.29) is 22.6 Å². The molecule has 6 heteroatoms. The first-order valence-corrected chi connectivity index (χ1v) is 6.49. The average Bonchev–Trinajstić information content (AvgIpc) is 2.68. The summed E-state index contributed by atoms with van der Waals surface area (Å²) in [5.41, 5.74) is -0.591. The highest BCUT2D eigenvalue weighted by Gasteiger charge is 2.40. The van der Waals surface area contributed by atoms with Gasteiger partial charge in [0.15, 0.2) is 17.2 Å². The summed E-state index contributed by atoms with van der Waals surface area (Å²) in [6.07, 6.45) is 0. The molecule has 3 rings (SSSR count). The van der Waals surface area contributed by atoms with Crippen molar-refractivity contribution in [3.05, 3.63) is 34.5 Å². The lowest BCUT2D eigenvalue weighted by molar-refractivity contribution is -0.266. The molecule has 2 aromatic carbocycles. The van der Waals surface area contributed by atoms with Gasteiger partial charge in [-0.25, -0.2) is 0 Å². The molecule has 1 atom stereocenters. The van der Waals surface area contributed by atoms with E-state index in [0.29, 0.717) is 12.0 Å². The third-order valence-corrected chi connectivity index (χ3v) is 3.23. The number of phenolic OH excluding ortho intramolecular Hbond substituents is 1. The van der Waals surface area contributed by atoms with Crippen molar-refractivity contribution in [1.82, 2.24) is 0 Å². The fraction of sp³-hybridized carbons (Fsp3) is 0.267. The molecule has 2 N–H and O–H groups in total. The Bertz CT molecular complexity index is 785. The molecule has 0 fully saturated rings. The molecule has 0 spiro atoms. The third kappa shape index (κ3) is 2.04. The summed E-state index contributed by atoms with van der Waals surface area (Å²) in [7, 11) is 0. The maximum atomic E-state index is 11.7. The molecule has 1 unspecified atom stereocenters. The van der Waals surface area contributed by atoms with Gasteiger partial charge in [-0.05, 0) is 24.4 Å². The van der Waals surface area contributed by atoms with Gasteiger partial charge >= 0.3 is 5.97 Å². The Kier molecular flexibility index (Phi) is 2.91. The first-order valence-electron chi connectivity index (χ1n) is 6.49. The predicted molar refractivity (Wildman–Crippen MR) is 74.8 cm³/mol. The lowest BCUT2D eigenvalue weighted by Crippen LogP contribution is -2.37. The van der Waals surface area contributed by atoms with E-state index in [9.17, 15) is 15.0 Å². The quantitative estimate of drug-likeness (QED) is 0.881. The largest absolute Gasteiger partial charge is 0.504 e. The van der Waals surface area contributed by atoms with Crippen LogP contribution in [0.2, 0.25) is 0 Å². The maximum absolute atomic E-state index is 11.7. The number of fused-ring (bicyclic) bond motifs is 2. The molecule has 2 aromatic rings. The molecule has 1 heterocycles. The van der Waals surface area contributed by atoms with E-state index in [0.717, 1.165) is 0 Å². The van der Waals surface area contributed by atoms with Gasteiger partial charge in [0.1, 0.15) is 0 Å². The highest BCUT2D eigenvalue weighted by Crippen LogP contribution is 2.50. The molecule has 0 aromatic heterocycles. The van der Waals surface area contributed by atoms with Crippen LogP contribution in [0.3, 0.4) is 0 Å². The van der Waals surface area contributed by atoms with Crippen LogP contribution in [-0.2, 0) is 4.74 Å². The minimum atomic E-state index is -1.34. The molecule has 0 saturated carbocycles. The lowest BCUT2D eigenvalue weighted by Gasteiger charge is -2.21. The monoisotopic (exact) mass is 290 g/mol. The van der Waals surface area contributed by atoms with Crippen molar-refractivity contribution in [3.63, 3.8) is 0 Å². The number of phenols is 1. The third-order valence-electron chi connectivity index (χ3n) is 3.23. The number of hydrogen-bond acceptors (Lipinski definition) is 6. The van der Waals surface area contributed by atoms with Gasteiger partial charge in [-0.2, -0.15) is 0 Å². The lowest BCUT2D eigenvalue weighted by atomic mass is 10.1. The fourth-order valence-electron chi connectivity index (χ4n) is 2.37. The Balaban J connectivity index is 2.28. The molecule has 0 bridgehead atoms. The Morgan fingerprint density at radius 3 is 2.71 bits per heavy atom. The van der Waals surface area contributed by atoms with Crippen LogP contribution >= 0.6 is 0 Å². The SMILES string of the molecule is CCOC1(C)Oc2cc3cccc(=O)c(O)c3c(O)c2O1. The van der Waals surface area contributed by atoms with E-state index in [1.165, 1.54) is 12.1 Å². The molecule has 21 heavy (non-hydrogen) atoms. The Labute approximate surface area is 120 Å². The van der Waals surface area contributed by atoms with Crippen molar-refractivity contribution in [2.45, 2.75) is 19.8 Å². The molecule has 0 aliphatic carbocycles. The van der Waals surface area contributed by atoms with Crippen LogP contribution in [-0.4, -0.2) is 22.8 Å². The van der Waals surface area contributed by atoms with Crippen LogP contribution in [0.25, 0.3) is 10.8 Å². The number of aromatic hydroxyl groups is 2. The standard InChI is InChI=1S/C15H14O6/c1-3-19-15(2)20-10-7-8-5-4-6-9(16)12(17)11(8)13(18)14(10)21-15/h4-7,18H,3H2,1-2H3,(H,16,17). The van der Waals surface area contributed by atoms with Crippen LogP contribution in [0.1, 0.15) is 13.8 Å². The first kappa shape index (κ1) is 13.5. The van der Waals surface area contributed by atoms with Crippen LogP contribution in [0, 0.1) is 0 Å². The summed E-state index contributed by atoms with van der Waals surface area (Å²) in [6, 6.07) is 5.88. The molecular weight excluding hydrogens is 276 g/mol. The van der Waals surface area contributed by atoms with E-state index in [1.807, 2.05) is 0 Å². The number of ether oxygens (including phenoxy) is 3. The molecule has 6 nitrogen and oxygen atoms in total. The molecule has 1 aliphatic heterocycles.